The van der Waals surface area contributed by atoms with Gasteiger partial charge < -0.3 is 10.2 Å². The highest BCUT2D eigenvalue weighted by Crippen LogP contribution is 2.23. The van der Waals surface area contributed by atoms with E-state index >= 15 is 0 Å². The summed E-state index contributed by atoms with van der Waals surface area (Å²) in [4.78, 5) is 23.4. The standard InChI is InChI=1S/C19H23FN4O/c1-2-16-5-3-4-12-24(16)19-21-11-10-17(23-19)18(25)22-13-14-6-8-15(20)9-7-14/h6-11,16H,2-5,12-13H2,1H3,(H,22,25). The number of nitrogens with zero attached hydrogens (tertiary/aromatic N) is 3. The molecule has 25 heavy (non-hydrogen) atoms. The summed E-state index contributed by atoms with van der Waals surface area (Å²) in [5.41, 5.74) is 1.19. The van der Waals surface area contributed by atoms with Crippen molar-refractivity contribution in [3.8, 4) is 0 Å². The van der Waals surface area contributed by atoms with Crippen molar-refractivity contribution in [3.63, 3.8) is 0 Å². The molecule has 6 heteroatoms. The normalized spacial score (nSPS) is 17.4. The van der Waals surface area contributed by atoms with E-state index in [1.807, 2.05) is 0 Å². The fourth-order valence-corrected chi connectivity index (χ4v) is 3.18. The molecule has 2 aromatic rings. The smallest absolute Gasteiger partial charge is 0.270 e. The monoisotopic (exact) mass is 342 g/mol. The Bertz CT molecular complexity index is 720. The van der Waals surface area contributed by atoms with Gasteiger partial charge in [0.2, 0.25) is 5.95 Å². The third-order valence-corrected chi connectivity index (χ3v) is 4.60. The quantitative estimate of drug-likeness (QED) is 0.906. The first-order chi connectivity index (χ1) is 12.2. The molecule has 3 rings (SSSR count). The summed E-state index contributed by atoms with van der Waals surface area (Å²) >= 11 is 0. The number of hydrogen-bond donors (Lipinski definition) is 1. The number of hydrogen-bond acceptors (Lipinski definition) is 4. The van der Waals surface area contributed by atoms with E-state index in [9.17, 15) is 9.18 Å². The number of aromatic nitrogens is 2. The molecule has 1 unspecified atom stereocenters. The summed E-state index contributed by atoms with van der Waals surface area (Å²) in [6.45, 7) is 3.43. The van der Waals surface area contributed by atoms with E-state index in [0.717, 1.165) is 31.4 Å². The molecular weight excluding hydrogens is 319 g/mol. The van der Waals surface area contributed by atoms with Crippen molar-refractivity contribution >= 4 is 11.9 Å². The topological polar surface area (TPSA) is 58.1 Å². The van der Waals surface area contributed by atoms with Crippen molar-refractivity contribution in [3.05, 3.63) is 53.6 Å². The van der Waals surface area contributed by atoms with Crippen LogP contribution in [0, 0.1) is 5.82 Å². The summed E-state index contributed by atoms with van der Waals surface area (Å²) in [6, 6.07) is 8.12. The molecule has 1 aliphatic heterocycles. The van der Waals surface area contributed by atoms with E-state index < -0.39 is 0 Å². The molecule has 0 saturated carbocycles. The van der Waals surface area contributed by atoms with Crippen LogP contribution in [0.4, 0.5) is 10.3 Å². The van der Waals surface area contributed by atoms with Crippen LogP contribution >= 0.6 is 0 Å². The van der Waals surface area contributed by atoms with Gasteiger partial charge in [0, 0.05) is 25.3 Å². The van der Waals surface area contributed by atoms with Crippen LogP contribution in [0.1, 0.15) is 48.7 Å². The van der Waals surface area contributed by atoms with Crippen molar-refractivity contribution < 1.29 is 9.18 Å². The largest absolute Gasteiger partial charge is 0.347 e. The zero-order valence-electron chi connectivity index (χ0n) is 14.4. The van der Waals surface area contributed by atoms with E-state index in [-0.39, 0.29) is 11.7 Å². The summed E-state index contributed by atoms with van der Waals surface area (Å²) in [5, 5.41) is 2.82. The molecule has 5 nitrogen and oxygen atoms in total. The van der Waals surface area contributed by atoms with E-state index in [2.05, 4.69) is 27.1 Å². The molecule has 0 radical (unpaired) electrons. The molecule has 1 N–H and O–H groups in total. The lowest BCUT2D eigenvalue weighted by Crippen LogP contribution is -2.40. The van der Waals surface area contributed by atoms with Crippen molar-refractivity contribution in [2.75, 3.05) is 11.4 Å². The van der Waals surface area contributed by atoms with Crippen LogP contribution in [0.3, 0.4) is 0 Å². The van der Waals surface area contributed by atoms with Gasteiger partial charge in [0.05, 0.1) is 0 Å². The molecule has 132 valence electrons. The number of rotatable bonds is 5. The Labute approximate surface area is 147 Å². The van der Waals surface area contributed by atoms with Gasteiger partial charge in [-0.1, -0.05) is 19.1 Å². The molecule has 0 spiro atoms. The van der Waals surface area contributed by atoms with E-state index in [1.165, 1.54) is 18.6 Å². The Kier molecular flexibility index (Phi) is 5.58. The van der Waals surface area contributed by atoms with Gasteiger partial charge in [0.15, 0.2) is 0 Å². The Hall–Kier alpha value is -2.50. The molecule has 1 amide bonds. The minimum absolute atomic E-state index is 0.252. The summed E-state index contributed by atoms with van der Waals surface area (Å²) in [7, 11) is 0. The van der Waals surface area contributed by atoms with Gasteiger partial charge in [0.1, 0.15) is 11.5 Å². The Morgan fingerprint density at radius 2 is 2.08 bits per heavy atom. The fourth-order valence-electron chi connectivity index (χ4n) is 3.18. The predicted molar refractivity (Wildman–Crippen MR) is 94.9 cm³/mol. The molecule has 0 bridgehead atoms. The number of benzene rings is 1. The van der Waals surface area contributed by atoms with Gasteiger partial charge in [-0.15, -0.1) is 0 Å². The third kappa shape index (κ3) is 4.32. The van der Waals surface area contributed by atoms with Gasteiger partial charge in [-0.2, -0.15) is 0 Å². The van der Waals surface area contributed by atoms with E-state index in [4.69, 9.17) is 0 Å². The van der Waals surface area contributed by atoms with Crippen molar-refractivity contribution in [2.45, 2.75) is 45.2 Å². The lowest BCUT2D eigenvalue weighted by molar-refractivity contribution is 0.0945. The van der Waals surface area contributed by atoms with Crippen LogP contribution in [0.5, 0.6) is 0 Å². The summed E-state index contributed by atoms with van der Waals surface area (Å²) in [6.07, 6.45) is 6.18. The Balaban J connectivity index is 1.67. The number of carbonyl (C=O) groups excluding carboxylic acids is 1. The molecule has 1 aromatic heterocycles. The first-order valence-electron chi connectivity index (χ1n) is 8.79. The van der Waals surface area contributed by atoms with Crippen LogP contribution < -0.4 is 10.2 Å². The highest BCUT2D eigenvalue weighted by Gasteiger charge is 2.23. The first kappa shape index (κ1) is 17.3. The molecule has 1 aliphatic rings. The van der Waals surface area contributed by atoms with Crippen molar-refractivity contribution in [1.29, 1.82) is 0 Å². The number of nitrogens with one attached hydrogen (secondary N) is 1. The lowest BCUT2D eigenvalue weighted by Gasteiger charge is -2.35. The van der Waals surface area contributed by atoms with E-state index in [1.54, 1.807) is 24.4 Å². The fraction of sp³-hybridized carbons (Fsp3) is 0.421. The summed E-state index contributed by atoms with van der Waals surface area (Å²) in [5.74, 6) is 0.0848. The van der Waals surface area contributed by atoms with Gasteiger partial charge in [0.25, 0.3) is 5.91 Å². The second-order valence-electron chi connectivity index (χ2n) is 6.30. The predicted octanol–water partition coefficient (Wildman–Crippen LogP) is 3.31. The molecule has 1 atom stereocenters. The maximum absolute atomic E-state index is 12.9. The highest BCUT2D eigenvalue weighted by molar-refractivity contribution is 5.92. The van der Waals surface area contributed by atoms with E-state index in [0.29, 0.717) is 24.2 Å². The van der Waals surface area contributed by atoms with Crippen molar-refractivity contribution in [1.82, 2.24) is 15.3 Å². The maximum Gasteiger partial charge on any atom is 0.270 e. The number of amides is 1. The minimum atomic E-state index is -0.289. The number of piperidine rings is 1. The van der Waals surface area contributed by atoms with Crippen LogP contribution in [-0.4, -0.2) is 28.5 Å². The molecule has 2 heterocycles. The van der Waals surface area contributed by atoms with Crippen LogP contribution in [0.25, 0.3) is 0 Å². The average Bonchev–Trinajstić information content (AvgIpc) is 2.67. The van der Waals surface area contributed by atoms with Gasteiger partial charge in [-0.25, -0.2) is 14.4 Å². The number of carbonyl (C=O) groups is 1. The average molecular weight is 342 g/mol. The number of halogens is 1. The second-order valence-corrected chi connectivity index (χ2v) is 6.30. The highest BCUT2D eigenvalue weighted by atomic mass is 19.1. The minimum Gasteiger partial charge on any atom is -0.347 e. The summed E-state index contributed by atoms with van der Waals surface area (Å²) < 4.78 is 12.9. The second kappa shape index (κ2) is 8.05. The zero-order valence-corrected chi connectivity index (χ0v) is 14.4. The Morgan fingerprint density at radius 1 is 1.28 bits per heavy atom. The maximum atomic E-state index is 12.9. The van der Waals surface area contributed by atoms with Gasteiger partial charge >= 0.3 is 0 Å². The van der Waals surface area contributed by atoms with Crippen LogP contribution in [0.15, 0.2) is 36.5 Å². The zero-order chi connectivity index (χ0) is 17.6. The molecule has 1 aromatic carbocycles. The lowest BCUT2D eigenvalue weighted by atomic mass is 10.0. The van der Waals surface area contributed by atoms with Crippen molar-refractivity contribution in [2.24, 2.45) is 0 Å². The molecule has 1 saturated heterocycles. The van der Waals surface area contributed by atoms with Crippen LogP contribution in [-0.2, 0) is 6.54 Å². The van der Waals surface area contributed by atoms with Crippen LogP contribution in [0.2, 0.25) is 0 Å². The Morgan fingerprint density at radius 3 is 2.84 bits per heavy atom. The SMILES string of the molecule is CCC1CCCCN1c1nccc(C(=O)NCc2ccc(F)cc2)n1. The number of anilines is 1. The molecule has 0 aliphatic carbocycles. The molecular formula is C19H23FN4O. The van der Waals surface area contributed by atoms with Gasteiger partial charge in [-0.3, -0.25) is 4.79 Å². The first-order valence-corrected chi connectivity index (χ1v) is 8.79. The van der Waals surface area contributed by atoms with Gasteiger partial charge in [-0.05, 0) is 49.4 Å². The third-order valence-electron chi connectivity index (χ3n) is 4.60. The molecule has 1 fully saturated rings.